The minimum atomic E-state index is -0.716. The monoisotopic (exact) mass is 308 g/mol. The molecule has 1 spiro atoms. The van der Waals surface area contributed by atoms with Gasteiger partial charge in [-0.3, -0.25) is 9.69 Å². The third-order valence-electron chi connectivity index (χ3n) is 3.85. The van der Waals surface area contributed by atoms with Gasteiger partial charge in [0, 0.05) is 17.9 Å². The molecular weight excluding hydrogens is 296 g/mol. The average Bonchev–Trinajstić information content (AvgIpc) is 2.55. The number of nitrogens with one attached hydrogen (secondary N) is 1. The number of benzene rings is 1. The van der Waals surface area contributed by atoms with Crippen LogP contribution in [-0.4, -0.2) is 29.4 Å². The lowest BCUT2D eigenvalue weighted by molar-refractivity contribution is -0.130. The van der Waals surface area contributed by atoms with Crippen LogP contribution in [0.3, 0.4) is 0 Å². The molecule has 18 heavy (non-hydrogen) atoms. The summed E-state index contributed by atoms with van der Waals surface area (Å²) in [6, 6.07) is 5.80. The molecule has 1 N–H and O–H groups in total. The molecule has 5 heteroatoms. The zero-order valence-electron chi connectivity index (χ0n) is 10.00. The third kappa shape index (κ3) is 1.57. The predicted molar refractivity (Wildman–Crippen MR) is 70.2 cm³/mol. The van der Waals surface area contributed by atoms with Gasteiger partial charge in [0.2, 0.25) is 0 Å². The summed E-state index contributed by atoms with van der Waals surface area (Å²) in [5, 5.41) is 2.85. The predicted octanol–water partition coefficient (Wildman–Crippen LogP) is 1.86. The van der Waals surface area contributed by atoms with Crippen molar-refractivity contribution < 1.29 is 9.59 Å². The van der Waals surface area contributed by atoms with E-state index in [4.69, 9.17) is 0 Å². The van der Waals surface area contributed by atoms with Crippen molar-refractivity contribution in [1.29, 1.82) is 0 Å². The fourth-order valence-corrected chi connectivity index (χ4v) is 3.21. The zero-order valence-corrected chi connectivity index (χ0v) is 11.6. The molecule has 1 fully saturated rings. The van der Waals surface area contributed by atoms with E-state index in [2.05, 4.69) is 27.3 Å². The van der Waals surface area contributed by atoms with Gasteiger partial charge in [-0.25, -0.2) is 4.79 Å². The van der Waals surface area contributed by atoms with Crippen LogP contribution in [0.15, 0.2) is 22.7 Å². The quantitative estimate of drug-likeness (QED) is 0.744. The van der Waals surface area contributed by atoms with Crippen LogP contribution in [0.1, 0.15) is 17.5 Å². The van der Waals surface area contributed by atoms with E-state index in [9.17, 15) is 9.59 Å². The lowest BCUT2D eigenvalue weighted by atomic mass is 9.78. The van der Waals surface area contributed by atoms with Gasteiger partial charge in [-0.2, -0.15) is 0 Å². The van der Waals surface area contributed by atoms with Gasteiger partial charge in [0.1, 0.15) is 5.54 Å². The topological polar surface area (TPSA) is 49.4 Å². The number of hydrogen-bond acceptors (Lipinski definition) is 2. The number of fused-ring (bicyclic) bond motifs is 1. The lowest BCUT2D eigenvalue weighted by Crippen LogP contribution is -2.51. The molecule has 1 aromatic carbocycles. The second-order valence-corrected chi connectivity index (χ2v) is 5.88. The molecule has 1 saturated heterocycles. The number of aryl methyl sites for hydroxylation is 1. The maximum Gasteiger partial charge on any atom is 0.324 e. The zero-order chi connectivity index (χ0) is 12.9. The van der Waals surface area contributed by atoms with E-state index in [-0.39, 0.29) is 11.9 Å². The maximum atomic E-state index is 12.2. The van der Waals surface area contributed by atoms with Crippen molar-refractivity contribution in [3.05, 3.63) is 33.8 Å². The highest BCUT2D eigenvalue weighted by atomic mass is 79.9. The molecule has 0 bridgehead atoms. The first-order valence-corrected chi connectivity index (χ1v) is 6.69. The van der Waals surface area contributed by atoms with Gasteiger partial charge in [-0.15, -0.1) is 0 Å². The molecule has 4 nitrogen and oxygen atoms in total. The number of hydrogen-bond donors (Lipinski definition) is 1. The molecule has 0 radical (unpaired) electrons. The van der Waals surface area contributed by atoms with Crippen LogP contribution in [0.5, 0.6) is 0 Å². The number of amides is 3. The van der Waals surface area contributed by atoms with Gasteiger partial charge in [0.15, 0.2) is 0 Å². The Hall–Kier alpha value is -1.36. The second kappa shape index (κ2) is 3.82. The van der Waals surface area contributed by atoms with E-state index in [1.165, 1.54) is 17.5 Å². The Morgan fingerprint density at radius 3 is 2.78 bits per heavy atom. The largest absolute Gasteiger partial charge is 0.324 e. The lowest BCUT2D eigenvalue weighted by Gasteiger charge is -2.32. The minimum Gasteiger partial charge on any atom is -0.323 e. The van der Waals surface area contributed by atoms with Crippen molar-refractivity contribution in [2.24, 2.45) is 0 Å². The first-order chi connectivity index (χ1) is 8.52. The summed E-state index contributed by atoms with van der Waals surface area (Å²) in [5.74, 6) is -0.110. The molecule has 94 valence electrons. The summed E-state index contributed by atoms with van der Waals surface area (Å²) < 4.78 is 1.05. The molecule has 1 heterocycles. The van der Waals surface area contributed by atoms with Gasteiger partial charge >= 0.3 is 6.03 Å². The summed E-state index contributed by atoms with van der Waals surface area (Å²) >= 11 is 3.45. The number of nitrogens with zero attached hydrogens (tertiary/aromatic N) is 1. The van der Waals surface area contributed by atoms with E-state index >= 15 is 0 Å². The first-order valence-electron chi connectivity index (χ1n) is 5.89. The highest BCUT2D eigenvalue weighted by Crippen LogP contribution is 2.34. The highest BCUT2D eigenvalue weighted by molar-refractivity contribution is 9.10. The number of likely N-dealkylation sites (N-methyl/N-ethyl adjacent to an activating group) is 1. The van der Waals surface area contributed by atoms with Gasteiger partial charge in [-0.1, -0.05) is 22.0 Å². The van der Waals surface area contributed by atoms with Crippen molar-refractivity contribution >= 4 is 27.9 Å². The van der Waals surface area contributed by atoms with E-state index < -0.39 is 5.54 Å². The smallest absolute Gasteiger partial charge is 0.323 e. The Kier molecular flexibility index (Phi) is 2.48. The van der Waals surface area contributed by atoms with E-state index in [0.29, 0.717) is 12.8 Å². The van der Waals surface area contributed by atoms with Crippen LogP contribution in [0.25, 0.3) is 0 Å². The Morgan fingerprint density at radius 1 is 1.33 bits per heavy atom. The fraction of sp³-hybridized carbons (Fsp3) is 0.385. The summed E-state index contributed by atoms with van der Waals surface area (Å²) in [6.45, 7) is 0. The molecule has 1 atom stereocenters. The molecule has 1 unspecified atom stereocenters. The number of urea groups is 1. The molecule has 0 aromatic heterocycles. The summed E-state index contributed by atoms with van der Waals surface area (Å²) in [5.41, 5.74) is 1.69. The third-order valence-corrected chi connectivity index (χ3v) is 4.34. The molecule has 1 aliphatic heterocycles. The maximum absolute atomic E-state index is 12.2. The molecule has 3 rings (SSSR count). The Morgan fingerprint density at radius 2 is 2.11 bits per heavy atom. The van der Waals surface area contributed by atoms with Crippen molar-refractivity contribution in [3.8, 4) is 0 Å². The normalized spacial score (nSPS) is 26.4. The summed E-state index contributed by atoms with van der Waals surface area (Å²) in [4.78, 5) is 25.0. The van der Waals surface area contributed by atoms with Crippen molar-refractivity contribution in [3.63, 3.8) is 0 Å². The van der Waals surface area contributed by atoms with E-state index in [1.807, 2.05) is 12.1 Å². The molecule has 0 saturated carbocycles. The Labute approximate surface area is 113 Å². The van der Waals surface area contributed by atoms with Crippen molar-refractivity contribution in [2.75, 3.05) is 7.05 Å². The number of carbonyl (C=O) groups is 2. The van der Waals surface area contributed by atoms with Crippen molar-refractivity contribution in [1.82, 2.24) is 10.2 Å². The molecule has 1 aromatic rings. The minimum absolute atomic E-state index is 0.110. The highest BCUT2D eigenvalue weighted by Gasteiger charge is 2.50. The van der Waals surface area contributed by atoms with Crippen molar-refractivity contribution in [2.45, 2.75) is 24.8 Å². The molecule has 3 amide bonds. The number of carbonyl (C=O) groups excluding carboxylic acids is 2. The summed E-state index contributed by atoms with van der Waals surface area (Å²) in [6.07, 6.45) is 2.07. The van der Waals surface area contributed by atoms with Crippen LogP contribution >= 0.6 is 15.9 Å². The van der Waals surface area contributed by atoms with Gasteiger partial charge in [0.05, 0.1) is 0 Å². The van der Waals surface area contributed by atoms with Gasteiger partial charge in [0.25, 0.3) is 5.91 Å². The number of imide groups is 1. The van der Waals surface area contributed by atoms with Crippen LogP contribution in [0.2, 0.25) is 0 Å². The van der Waals surface area contributed by atoms with E-state index in [0.717, 1.165) is 16.5 Å². The summed E-state index contributed by atoms with van der Waals surface area (Å²) in [7, 11) is 1.53. The van der Waals surface area contributed by atoms with E-state index in [1.54, 1.807) is 0 Å². The van der Waals surface area contributed by atoms with Gasteiger partial charge < -0.3 is 5.32 Å². The first kappa shape index (κ1) is 11.7. The molecular formula is C13H13BrN2O2. The van der Waals surface area contributed by atoms with Crippen LogP contribution in [0.4, 0.5) is 4.79 Å². The standard InChI is InChI=1S/C13H13BrN2O2/c1-16-11(17)13(15-12(16)18)5-4-8-6-10(14)3-2-9(8)7-13/h2-3,6H,4-5,7H2,1H3,(H,15,18). The van der Waals surface area contributed by atoms with Crippen LogP contribution in [0, 0.1) is 0 Å². The Balaban J connectivity index is 1.98. The molecule has 1 aliphatic carbocycles. The van der Waals surface area contributed by atoms with Crippen LogP contribution < -0.4 is 5.32 Å². The average molecular weight is 309 g/mol. The second-order valence-electron chi connectivity index (χ2n) is 4.97. The van der Waals surface area contributed by atoms with Gasteiger partial charge in [-0.05, 0) is 36.1 Å². The van der Waals surface area contributed by atoms with Crippen LogP contribution in [-0.2, 0) is 17.6 Å². The number of halogens is 1. The SMILES string of the molecule is CN1C(=O)NC2(CCc3cc(Br)ccc3C2)C1=O. The molecule has 2 aliphatic rings. The fourth-order valence-electron chi connectivity index (χ4n) is 2.81. The number of rotatable bonds is 0. The Bertz CT molecular complexity index is 558.